The van der Waals surface area contributed by atoms with Gasteiger partial charge in [0.2, 0.25) is 0 Å². The first kappa shape index (κ1) is 24.9. The number of carbonyl (C=O) groups excluding carboxylic acids is 1. The monoisotopic (exact) mass is 530 g/mol. The maximum Gasteiger partial charge on any atom is 0.267 e. The molecule has 4 aromatic rings. The van der Waals surface area contributed by atoms with Gasteiger partial charge in [-0.25, -0.2) is 9.97 Å². The molecule has 1 N–H and O–H groups in total. The van der Waals surface area contributed by atoms with Crippen LogP contribution in [0, 0.1) is 6.92 Å². The van der Waals surface area contributed by atoms with Gasteiger partial charge in [0.1, 0.15) is 15.8 Å². The number of anilines is 1. The van der Waals surface area contributed by atoms with Crippen molar-refractivity contribution in [1.82, 2.24) is 23.8 Å². The molecule has 1 unspecified atom stereocenters. The Labute approximate surface area is 224 Å². The van der Waals surface area contributed by atoms with E-state index in [0.29, 0.717) is 32.8 Å². The zero-order valence-electron chi connectivity index (χ0n) is 20.5. The lowest BCUT2D eigenvalue weighted by Crippen LogP contribution is -2.31. The fraction of sp³-hybridized carbons (Fsp3) is 0.222. The lowest BCUT2D eigenvalue weighted by molar-refractivity contribution is -0.123. The molecule has 0 radical (unpaired) electrons. The number of carbonyl (C=O) groups is 1. The number of imidazole rings is 1. The van der Waals surface area contributed by atoms with Crippen LogP contribution in [0.2, 0.25) is 0 Å². The Bertz CT molecular complexity index is 1550. The van der Waals surface area contributed by atoms with Gasteiger partial charge in [-0.3, -0.25) is 18.9 Å². The molecular weight excluding hydrogens is 504 g/mol. The predicted molar refractivity (Wildman–Crippen MR) is 151 cm³/mol. The largest absolute Gasteiger partial charge is 0.369 e. The molecule has 1 fully saturated rings. The highest BCUT2D eigenvalue weighted by Crippen LogP contribution is 2.38. The molecule has 1 saturated heterocycles. The SMILES string of the molecule is Cc1cccn2c(=O)c(/C=C3\SC(=S)N(C(C)c4ccccc4)C3=O)c(NCCCn3ccnc3)nc12. The number of hydrogen-bond donors (Lipinski definition) is 1. The molecule has 37 heavy (non-hydrogen) atoms. The normalized spacial score (nSPS) is 15.6. The first-order chi connectivity index (χ1) is 17.9. The molecule has 5 rings (SSSR count). The lowest BCUT2D eigenvalue weighted by Gasteiger charge is -2.23. The molecule has 1 atom stereocenters. The molecule has 8 nitrogen and oxygen atoms in total. The number of nitrogens with zero attached hydrogens (tertiary/aromatic N) is 5. The van der Waals surface area contributed by atoms with Crippen molar-refractivity contribution in [2.24, 2.45) is 0 Å². The molecule has 1 aliphatic heterocycles. The summed E-state index contributed by atoms with van der Waals surface area (Å²) in [6.45, 7) is 5.25. The highest BCUT2D eigenvalue weighted by atomic mass is 32.2. The van der Waals surface area contributed by atoms with Gasteiger partial charge < -0.3 is 9.88 Å². The van der Waals surface area contributed by atoms with Gasteiger partial charge in [0.25, 0.3) is 11.5 Å². The first-order valence-electron chi connectivity index (χ1n) is 12.0. The summed E-state index contributed by atoms with van der Waals surface area (Å²) in [7, 11) is 0. The number of hydrogen-bond acceptors (Lipinski definition) is 7. The summed E-state index contributed by atoms with van der Waals surface area (Å²) in [5, 5.41) is 3.33. The Morgan fingerprint density at radius 1 is 1.14 bits per heavy atom. The van der Waals surface area contributed by atoms with Crippen LogP contribution in [0.5, 0.6) is 0 Å². The van der Waals surface area contributed by atoms with Crippen molar-refractivity contribution in [2.45, 2.75) is 32.9 Å². The van der Waals surface area contributed by atoms with Gasteiger partial charge in [-0.05, 0) is 43.5 Å². The minimum atomic E-state index is -0.243. The second-order valence-electron chi connectivity index (χ2n) is 8.78. The van der Waals surface area contributed by atoms with E-state index in [1.165, 1.54) is 16.2 Å². The van der Waals surface area contributed by atoms with Gasteiger partial charge in [-0.2, -0.15) is 0 Å². The zero-order valence-corrected chi connectivity index (χ0v) is 22.1. The van der Waals surface area contributed by atoms with Gasteiger partial charge in [-0.1, -0.05) is 60.4 Å². The van der Waals surface area contributed by atoms with E-state index >= 15 is 0 Å². The van der Waals surface area contributed by atoms with Crippen LogP contribution in [0.25, 0.3) is 11.7 Å². The van der Waals surface area contributed by atoms with Gasteiger partial charge in [0, 0.05) is 31.7 Å². The summed E-state index contributed by atoms with van der Waals surface area (Å²) in [4.78, 5) is 37.9. The van der Waals surface area contributed by atoms with Crippen LogP contribution in [0.4, 0.5) is 5.82 Å². The van der Waals surface area contributed by atoms with Gasteiger partial charge >= 0.3 is 0 Å². The molecular formula is C27H26N6O2S2. The molecule has 1 amide bonds. The number of thioether (sulfide) groups is 1. The van der Waals surface area contributed by atoms with E-state index in [-0.39, 0.29) is 17.5 Å². The minimum Gasteiger partial charge on any atom is -0.369 e. The van der Waals surface area contributed by atoms with Crippen LogP contribution in [-0.2, 0) is 11.3 Å². The maximum atomic E-state index is 13.6. The summed E-state index contributed by atoms with van der Waals surface area (Å²) < 4.78 is 3.98. The van der Waals surface area contributed by atoms with Gasteiger partial charge in [0.05, 0.1) is 22.8 Å². The number of aromatic nitrogens is 4. The molecule has 1 aromatic carbocycles. The van der Waals surface area contributed by atoms with E-state index in [9.17, 15) is 9.59 Å². The molecule has 1 aliphatic rings. The van der Waals surface area contributed by atoms with Crippen molar-refractivity contribution in [2.75, 3.05) is 11.9 Å². The Morgan fingerprint density at radius 3 is 2.70 bits per heavy atom. The lowest BCUT2D eigenvalue weighted by atomic mass is 10.1. The number of thiocarbonyl (C=S) groups is 1. The first-order valence-corrected chi connectivity index (χ1v) is 13.2. The van der Waals surface area contributed by atoms with Crippen molar-refractivity contribution >= 4 is 51.7 Å². The summed E-state index contributed by atoms with van der Waals surface area (Å²) in [6.07, 6.45) is 9.55. The van der Waals surface area contributed by atoms with Crippen LogP contribution >= 0.6 is 24.0 Å². The van der Waals surface area contributed by atoms with Crippen LogP contribution in [0.15, 0.2) is 77.1 Å². The second-order valence-corrected chi connectivity index (χ2v) is 10.5. The van der Waals surface area contributed by atoms with Crippen LogP contribution < -0.4 is 10.9 Å². The van der Waals surface area contributed by atoms with Gasteiger partial charge in [0.15, 0.2) is 0 Å². The quantitative estimate of drug-likeness (QED) is 0.201. The summed E-state index contributed by atoms with van der Waals surface area (Å²) in [6, 6.07) is 13.3. The second kappa shape index (κ2) is 10.7. The third kappa shape index (κ3) is 5.07. The molecule has 0 spiro atoms. The van der Waals surface area contributed by atoms with E-state index < -0.39 is 0 Å². The number of benzene rings is 1. The van der Waals surface area contributed by atoms with E-state index in [0.717, 1.165) is 24.1 Å². The average Bonchev–Trinajstić information content (AvgIpc) is 3.52. The standard InChI is InChI=1S/C27H26N6O2S2/c1-18-8-6-14-32-24(18)30-23(29-11-7-13-31-15-12-28-17-31)21(25(32)34)16-22-26(35)33(27(36)37-22)19(2)20-9-4-3-5-10-20/h3-6,8-10,12,14-17,19,29H,7,11,13H2,1-2H3/b22-16-. The third-order valence-electron chi connectivity index (χ3n) is 6.30. The zero-order chi connectivity index (χ0) is 25.9. The fourth-order valence-electron chi connectivity index (χ4n) is 4.29. The molecule has 4 heterocycles. The van der Waals surface area contributed by atoms with Crippen molar-refractivity contribution < 1.29 is 4.79 Å². The van der Waals surface area contributed by atoms with Crippen LogP contribution in [0.1, 0.15) is 36.1 Å². The van der Waals surface area contributed by atoms with Crippen molar-refractivity contribution in [3.63, 3.8) is 0 Å². The average molecular weight is 531 g/mol. The predicted octanol–water partition coefficient (Wildman–Crippen LogP) is 4.66. The van der Waals surface area contributed by atoms with E-state index in [2.05, 4.69) is 10.3 Å². The smallest absolute Gasteiger partial charge is 0.267 e. The summed E-state index contributed by atoms with van der Waals surface area (Å²) in [5.74, 6) is 0.234. The Hall–Kier alpha value is -3.76. The topological polar surface area (TPSA) is 84.5 Å². The number of rotatable bonds is 8. The Kier molecular flexibility index (Phi) is 7.20. The number of pyridine rings is 1. The van der Waals surface area contributed by atoms with Crippen LogP contribution in [-0.4, -0.2) is 40.6 Å². The van der Waals surface area contributed by atoms with Crippen LogP contribution in [0.3, 0.4) is 0 Å². The summed E-state index contributed by atoms with van der Waals surface area (Å²) in [5.41, 5.74) is 2.54. The molecule has 0 bridgehead atoms. The van der Waals surface area contributed by atoms with Crippen molar-refractivity contribution in [3.05, 3.63) is 99.3 Å². The van der Waals surface area contributed by atoms with E-state index in [4.69, 9.17) is 17.2 Å². The molecule has 188 valence electrons. The minimum absolute atomic E-state index is 0.217. The Morgan fingerprint density at radius 2 is 1.95 bits per heavy atom. The van der Waals surface area contributed by atoms with Gasteiger partial charge in [-0.15, -0.1) is 0 Å². The number of nitrogens with one attached hydrogen (secondary N) is 1. The molecule has 10 heteroatoms. The van der Waals surface area contributed by atoms with E-state index in [1.54, 1.807) is 29.7 Å². The third-order valence-corrected chi connectivity index (χ3v) is 7.63. The number of aryl methyl sites for hydroxylation is 2. The highest BCUT2D eigenvalue weighted by molar-refractivity contribution is 8.26. The molecule has 0 saturated carbocycles. The number of amides is 1. The van der Waals surface area contributed by atoms with Crippen molar-refractivity contribution in [3.8, 4) is 0 Å². The molecule has 3 aromatic heterocycles. The van der Waals surface area contributed by atoms with E-state index in [1.807, 2.05) is 67.1 Å². The maximum absolute atomic E-state index is 13.6. The fourth-order valence-corrected chi connectivity index (χ4v) is 5.69. The number of fused-ring (bicyclic) bond motifs is 1. The molecule has 0 aliphatic carbocycles. The Balaban J connectivity index is 1.48. The van der Waals surface area contributed by atoms with Crippen molar-refractivity contribution in [1.29, 1.82) is 0 Å². The summed E-state index contributed by atoms with van der Waals surface area (Å²) >= 11 is 6.78. The highest BCUT2D eigenvalue weighted by Gasteiger charge is 2.36.